The molecule has 0 fully saturated rings. The molecule has 0 atom stereocenters. The summed E-state index contributed by atoms with van der Waals surface area (Å²) < 4.78 is 0. The largest absolute Gasteiger partial charge is 0.143 e. The van der Waals surface area contributed by atoms with Gasteiger partial charge >= 0.3 is 0 Å². The molecule has 1 aromatic heterocycles. The van der Waals surface area contributed by atoms with E-state index in [1.54, 1.807) is 11.3 Å². The van der Waals surface area contributed by atoms with Gasteiger partial charge < -0.3 is 0 Å². The molecular formula is C10H7S. The molecule has 0 saturated heterocycles. The second-order valence-electron chi connectivity index (χ2n) is 2.28. The first-order valence-corrected chi connectivity index (χ1v) is 4.35. The highest BCUT2D eigenvalue weighted by atomic mass is 32.1. The van der Waals surface area contributed by atoms with Gasteiger partial charge in [-0.15, -0.1) is 11.3 Å². The lowest BCUT2D eigenvalue weighted by Crippen LogP contribution is -1.67. The highest BCUT2D eigenvalue weighted by molar-refractivity contribution is 7.13. The van der Waals surface area contributed by atoms with Crippen LogP contribution in [0.3, 0.4) is 0 Å². The van der Waals surface area contributed by atoms with Crippen LogP contribution in [-0.2, 0) is 0 Å². The van der Waals surface area contributed by atoms with E-state index >= 15 is 0 Å². The first kappa shape index (κ1) is 6.62. The minimum atomic E-state index is 1.28. The van der Waals surface area contributed by atoms with Crippen LogP contribution in [0.2, 0.25) is 0 Å². The molecule has 1 radical (unpaired) electrons. The molecule has 1 heterocycles. The lowest BCUT2D eigenvalue weighted by atomic mass is 10.2. The van der Waals surface area contributed by atoms with Crippen molar-refractivity contribution in [1.82, 2.24) is 0 Å². The Kier molecular flexibility index (Phi) is 1.74. The molecule has 0 unspecified atom stereocenters. The van der Waals surface area contributed by atoms with Crippen molar-refractivity contribution in [2.45, 2.75) is 0 Å². The van der Waals surface area contributed by atoms with Crippen molar-refractivity contribution < 1.29 is 0 Å². The summed E-state index contributed by atoms with van der Waals surface area (Å²) in [5.74, 6) is 0. The number of benzene rings is 1. The zero-order valence-electron chi connectivity index (χ0n) is 5.95. The quantitative estimate of drug-likeness (QED) is 0.599. The van der Waals surface area contributed by atoms with Gasteiger partial charge in [-0.1, -0.05) is 30.3 Å². The van der Waals surface area contributed by atoms with Gasteiger partial charge in [-0.05, 0) is 23.1 Å². The number of hydrogen-bond acceptors (Lipinski definition) is 1. The van der Waals surface area contributed by atoms with Crippen molar-refractivity contribution in [2.24, 2.45) is 0 Å². The standard InChI is InChI=1S/C10H7S/c1-2-5-9(6-3-1)10-7-4-8-11-10/h1-3,5-8H. The fourth-order valence-electron chi connectivity index (χ4n) is 0.995. The summed E-state index contributed by atoms with van der Waals surface area (Å²) >= 11 is 1.72. The molecule has 0 nitrogen and oxygen atoms in total. The molecule has 0 bridgehead atoms. The fourth-order valence-corrected chi connectivity index (χ4v) is 1.67. The van der Waals surface area contributed by atoms with Crippen LogP contribution in [0.4, 0.5) is 0 Å². The molecule has 0 saturated carbocycles. The van der Waals surface area contributed by atoms with E-state index in [9.17, 15) is 0 Å². The Labute approximate surface area is 70.1 Å². The Hall–Kier alpha value is -1.08. The van der Waals surface area contributed by atoms with Crippen LogP contribution < -0.4 is 0 Å². The molecule has 0 aliphatic carbocycles. The molecule has 1 heteroatoms. The lowest BCUT2D eigenvalue weighted by Gasteiger charge is -1.93. The van der Waals surface area contributed by atoms with Crippen LogP contribution in [0.15, 0.2) is 41.8 Å². The van der Waals surface area contributed by atoms with Crippen LogP contribution in [0.1, 0.15) is 0 Å². The summed E-state index contributed by atoms with van der Waals surface area (Å²) in [6.45, 7) is 0. The van der Waals surface area contributed by atoms with E-state index in [1.165, 1.54) is 10.4 Å². The third-order valence-electron chi connectivity index (χ3n) is 1.53. The first-order chi connectivity index (χ1) is 5.47. The summed E-state index contributed by atoms with van der Waals surface area (Å²) in [5, 5.41) is 1.97. The monoisotopic (exact) mass is 159 g/mol. The second-order valence-corrected chi connectivity index (χ2v) is 3.19. The average Bonchev–Trinajstić information content (AvgIpc) is 2.58. The summed E-state index contributed by atoms with van der Waals surface area (Å²) in [7, 11) is 0. The zero-order chi connectivity index (χ0) is 7.52. The second kappa shape index (κ2) is 2.89. The van der Waals surface area contributed by atoms with Crippen molar-refractivity contribution in [3.8, 4) is 10.4 Å². The van der Waals surface area contributed by atoms with Crippen molar-refractivity contribution in [1.29, 1.82) is 0 Å². The molecule has 2 aromatic rings. The van der Waals surface area contributed by atoms with E-state index in [0.717, 1.165) is 0 Å². The maximum atomic E-state index is 3.05. The highest BCUT2D eigenvalue weighted by Crippen LogP contribution is 2.23. The number of hydrogen-bond donors (Lipinski definition) is 0. The van der Waals surface area contributed by atoms with Gasteiger partial charge in [0.1, 0.15) is 0 Å². The van der Waals surface area contributed by atoms with Crippen LogP contribution >= 0.6 is 11.3 Å². The maximum Gasteiger partial charge on any atom is 0.0349 e. The van der Waals surface area contributed by atoms with Crippen molar-refractivity contribution in [3.63, 3.8) is 0 Å². The molecule has 11 heavy (non-hydrogen) atoms. The Morgan fingerprint density at radius 2 is 1.91 bits per heavy atom. The van der Waals surface area contributed by atoms with Crippen LogP contribution in [0.25, 0.3) is 10.4 Å². The molecule has 0 spiro atoms. The average molecular weight is 159 g/mol. The third kappa shape index (κ3) is 1.33. The minimum absolute atomic E-state index is 1.28. The van der Waals surface area contributed by atoms with E-state index in [2.05, 4.69) is 30.3 Å². The molecule has 0 amide bonds. The zero-order valence-corrected chi connectivity index (χ0v) is 6.77. The lowest BCUT2D eigenvalue weighted by molar-refractivity contribution is 1.70. The number of thiophene rings is 1. The van der Waals surface area contributed by atoms with Crippen molar-refractivity contribution >= 4 is 11.3 Å². The Bertz CT molecular complexity index is 308. The van der Waals surface area contributed by atoms with Gasteiger partial charge in [0.15, 0.2) is 0 Å². The molecule has 2 rings (SSSR count). The van der Waals surface area contributed by atoms with Crippen molar-refractivity contribution in [2.75, 3.05) is 0 Å². The van der Waals surface area contributed by atoms with Crippen LogP contribution in [-0.4, -0.2) is 0 Å². The first-order valence-electron chi connectivity index (χ1n) is 3.47. The molecule has 0 N–H and O–H groups in total. The Morgan fingerprint density at radius 3 is 2.55 bits per heavy atom. The van der Waals surface area contributed by atoms with Gasteiger partial charge in [0.2, 0.25) is 0 Å². The van der Waals surface area contributed by atoms with Gasteiger partial charge in [0.05, 0.1) is 0 Å². The Morgan fingerprint density at radius 1 is 1.09 bits per heavy atom. The van der Waals surface area contributed by atoms with Gasteiger partial charge in [-0.25, -0.2) is 0 Å². The van der Waals surface area contributed by atoms with Gasteiger partial charge in [0.25, 0.3) is 0 Å². The smallest absolute Gasteiger partial charge is 0.0349 e. The minimum Gasteiger partial charge on any atom is -0.143 e. The Balaban J connectivity index is 2.46. The molecule has 0 aliphatic heterocycles. The maximum absolute atomic E-state index is 3.05. The SMILES string of the molecule is [c]1csc(-c2ccccc2)c1. The van der Waals surface area contributed by atoms with Gasteiger partial charge in [-0.3, -0.25) is 0 Å². The molecule has 53 valence electrons. The molecule has 0 aliphatic rings. The van der Waals surface area contributed by atoms with Gasteiger partial charge in [0, 0.05) is 4.88 Å². The summed E-state index contributed by atoms with van der Waals surface area (Å²) in [5.41, 5.74) is 1.28. The van der Waals surface area contributed by atoms with Crippen LogP contribution in [0, 0.1) is 6.07 Å². The van der Waals surface area contributed by atoms with Gasteiger partial charge in [-0.2, -0.15) is 0 Å². The van der Waals surface area contributed by atoms with E-state index < -0.39 is 0 Å². The van der Waals surface area contributed by atoms with E-state index in [0.29, 0.717) is 0 Å². The molecular weight excluding hydrogens is 152 g/mol. The van der Waals surface area contributed by atoms with Crippen molar-refractivity contribution in [3.05, 3.63) is 47.8 Å². The normalized spacial score (nSPS) is 9.82. The van der Waals surface area contributed by atoms with Crippen LogP contribution in [0.5, 0.6) is 0 Å². The summed E-state index contributed by atoms with van der Waals surface area (Å²) in [6, 6.07) is 15.4. The predicted molar refractivity (Wildman–Crippen MR) is 48.6 cm³/mol. The fraction of sp³-hybridized carbons (Fsp3) is 0. The summed E-state index contributed by atoms with van der Waals surface area (Å²) in [6.07, 6.45) is 0. The topological polar surface area (TPSA) is 0 Å². The number of rotatable bonds is 1. The molecule has 1 aromatic carbocycles. The van der Waals surface area contributed by atoms with E-state index in [1.807, 2.05) is 17.5 Å². The third-order valence-corrected chi connectivity index (χ3v) is 2.39. The van der Waals surface area contributed by atoms with E-state index in [-0.39, 0.29) is 0 Å². The van der Waals surface area contributed by atoms with E-state index in [4.69, 9.17) is 0 Å². The highest BCUT2D eigenvalue weighted by Gasteiger charge is 1.94. The summed E-state index contributed by atoms with van der Waals surface area (Å²) in [4.78, 5) is 1.28. The predicted octanol–water partition coefficient (Wildman–Crippen LogP) is 3.22.